The van der Waals surface area contributed by atoms with E-state index in [4.69, 9.17) is 0 Å². The lowest BCUT2D eigenvalue weighted by molar-refractivity contribution is -0.150. The smallest absolute Gasteiger partial charge is 0.317 e. The Morgan fingerprint density at radius 2 is 1.95 bits per heavy atom. The minimum atomic E-state index is -0.781. The topological polar surface area (TPSA) is 69.6 Å². The van der Waals surface area contributed by atoms with Crippen molar-refractivity contribution in [2.75, 3.05) is 13.1 Å². The Morgan fingerprint density at radius 1 is 1.30 bits per heavy atom. The first-order valence-corrected chi connectivity index (χ1v) is 7.66. The van der Waals surface area contributed by atoms with Gasteiger partial charge in [0, 0.05) is 18.6 Å². The Bertz CT molecular complexity index is 398. The molecule has 5 heteroatoms. The normalized spacial score (nSPS) is 28.3. The minimum absolute atomic E-state index is 0.0293. The average molecular weight is 282 g/mol. The van der Waals surface area contributed by atoms with Crippen molar-refractivity contribution in [2.24, 2.45) is 11.3 Å². The highest BCUT2D eigenvalue weighted by atomic mass is 16.4. The first-order valence-electron chi connectivity index (χ1n) is 7.66. The Morgan fingerprint density at radius 3 is 2.30 bits per heavy atom. The Hall–Kier alpha value is -1.26. The third kappa shape index (κ3) is 2.38. The molecular formula is C15H26N2O3. The second-order valence-electron chi connectivity index (χ2n) is 6.71. The van der Waals surface area contributed by atoms with Gasteiger partial charge in [-0.25, -0.2) is 4.79 Å². The van der Waals surface area contributed by atoms with E-state index >= 15 is 0 Å². The van der Waals surface area contributed by atoms with Crippen LogP contribution in [0.5, 0.6) is 0 Å². The Kier molecular flexibility index (Phi) is 3.98. The van der Waals surface area contributed by atoms with Crippen molar-refractivity contribution < 1.29 is 14.7 Å². The maximum Gasteiger partial charge on any atom is 0.317 e. The number of nitrogens with one attached hydrogen (secondary N) is 1. The fourth-order valence-corrected chi connectivity index (χ4v) is 3.38. The summed E-state index contributed by atoms with van der Waals surface area (Å²) >= 11 is 0. The van der Waals surface area contributed by atoms with Crippen LogP contribution in [-0.4, -0.2) is 40.6 Å². The largest absolute Gasteiger partial charge is 0.481 e. The number of hydrogen-bond acceptors (Lipinski definition) is 2. The van der Waals surface area contributed by atoms with Crippen molar-refractivity contribution in [1.29, 1.82) is 0 Å². The number of amides is 2. The van der Waals surface area contributed by atoms with Crippen LogP contribution in [0.15, 0.2) is 0 Å². The van der Waals surface area contributed by atoms with E-state index in [0.29, 0.717) is 19.5 Å². The van der Waals surface area contributed by atoms with E-state index in [0.717, 1.165) is 19.3 Å². The molecule has 1 heterocycles. The first-order chi connectivity index (χ1) is 9.35. The number of likely N-dealkylation sites (tertiary alicyclic amines) is 1. The van der Waals surface area contributed by atoms with E-state index in [-0.39, 0.29) is 17.5 Å². The molecule has 0 aromatic carbocycles. The summed E-state index contributed by atoms with van der Waals surface area (Å²) in [5.74, 6) is -0.752. The molecule has 0 aromatic heterocycles. The number of hydrogen-bond donors (Lipinski definition) is 2. The van der Waals surface area contributed by atoms with Crippen molar-refractivity contribution in [1.82, 2.24) is 10.2 Å². The zero-order valence-electron chi connectivity index (χ0n) is 12.7. The van der Waals surface area contributed by atoms with E-state index in [1.54, 1.807) is 4.90 Å². The summed E-state index contributed by atoms with van der Waals surface area (Å²) in [7, 11) is 0. The summed E-state index contributed by atoms with van der Waals surface area (Å²) in [5.41, 5.74) is -0.820. The molecule has 2 amide bonds. The molecule has 0 aromatic rings. The van der Waals surface area contributed by atoms with Crippen LogP contribution in [0, 0.1) is 11.3 Å². The zero-order chi connectivity index (χ0) is 15.0. The van der Waals surface area contributed by atoms with E-state index in [1.165, 1.54) is 6.42 Å². The molecule has 0 bridgehead atoms. The van der Waals surface area contributed by atoms with Gasteiger partial charge in [0.15, 0.2) is 0 Å². The number of urea groups is 1. The molecule has 1 saturated carbocycles. The summed E-state index contributed by atoms with van der Waals surface area (Å²) in [6.45, 7) is 6.81. The third-order valence-corrected chi connectivity index (χ3v) is 5.48. The lowest BCUT2D eigenvalue weighted by atomic mass is 9.75. The average Bonchev–Trinajstić information content (AvgIpc) is 2.80. The molecule has 2 rings (SSSR count). The van der Waals surface area contributed by atoms with E-state index in [1.807, 2.05) is 13.8 Å². The third-order valence-electron chi connectivity index (χ3n) is 5.48. The fourth-order valence-electron chi connectivity index (χ4n) is 3.38. The van der Waals surface area contributed by atoms with Crippen LogP contribution in [0.2, 0.25) is 0 Å². The second-order valence-corrected chi connectivity index (χ2v) is 6.71. The number of aliphatic carboxylic acids is 1. The van der Waals surface area contributed by atoms with Gasteiger partial charge in [0.1, 0.15) is 0 Å². The molecule has 2 fully saturated rings. The van der Waals surface area contributed by atoms with Crippen molar-refractivity contribution in [2.45, 2.75) is 58.4 Å². The van der Waals surface area contributed by atoms with Crippen molar-refractivity contribution in [3.8, 4) is 0 Å². The zero-order valence-corrected chi connectivity index (χ0v) is 12.7. The number of carbonyl (C=O) groups is 2. The summed E-state index contributed by atoms with van der Waals surface area (Å²) in [4.78, 5) is 25.6. The Labute approximate surface area is 120 Å². The predicted octanol–water partition coefficient (Wildman–Crippen LogP) is 2.46. The van der Waals surface area contributed by atoms with E-state index < -0.39 is 11.4 Å². The maximum atomic E-state index is 12.4. The molecule has 2 N–H and O–H groups in total. The molecule has 1 atom stereocenters. The molecule has 114 valence electrons. The van der Waals surface area contributed by atoms with Crippen molar-refractivity contribution in [3.05, 3.63) is 0 Å². The molecule has 0 radical (unpaired) electrons. The highest BCUT2D eigenvalue weighted by Crippen LogP contribution is 2.39. The summed E-state index contributed by atoms with van der Waals surface area (Å²) in [6.07, 6.45) is 4.74. The van der Waals surface area contributed by atoms with Crippen molar-refractivity contribution >= 4 is 12.0 Å². The van der Waals surface area contributed by atoms with Crippen molar-refractivity contribution in [3.63, 3.8) is 0 Å². The molecule has 5 nitrogen and oxygen atoms in total. The summed E-state index contributed by atoms with van der Waals surface area (Å²) < 4.78 is 0. The van der Waals surface area contributed by atoms with Gasteiger partial charge < -0.3 is 15.3 Å². The van der Waals surface area contributed by atoms with Gasteiger partial charge in [-0.2, -0.15) is 0 Å². The molecule has 2 aliphatic rings. The van der Waals surface area contributed by atoms with Gasteiger partial charge in [-0.1, -0.05) is 20.8 Å². The number of carbonyl (C=O) groups excluding carboxylic acids is 1. The number of carboxylic acid groups (broad SMARTS) is 1. The van der Waals surface area contributed by atoms with Gasteiger partial charge in [0.25, 0.3) is 0 Å². The predicted molar refractivity (Wildman–Crippen MR) is 76.5 cm³/mol. The monoisotopic (exact) mass is 282 g/mol. The van der Waals surface area contributed by atoms with Crippen LogP contribution in [-0.2, 0) is 4.79 Å². The molecule has 1 saturated heterocycles. The maximum absolute atomic E-state index is 12.4. The molecule has 1 aliphatic heterocycles. The quantitative estimate of drug-likeness (QED) is 0.832. The van der Waals surface area contributed by atoms with Crippen LogP contribution >= 0.6 is 0 Å². The van der Waals surface area contributed by atoms with Crippen LogP contribution in [0.25, 0.3) is 0 Å². The fraction of sp³-hybridized carbons (Fsp3) is 0.867. The standard InChI is InChI=1S/C15H26N2O3/c1-4-14(6-5-7-14)16-13(20)17-9-8-15(10-17,11(2)3)12(18)19/h11H,4-10H2,1-3H3,(H,16,20)(H,18,19). The van der Waals surface area contributed by atoms with Crippen LogP contribution in [0.3, 0.4) is 0 Å². The molecule has 20 heavy (non-hydrogen) atoms. The van der Waals surface area contributed by atoms with E-state index in [2.05, 4.69) is 12.2 Å². The molecule has 0 spiro atoms. The summed E-state index contributed by atoms with van der Waals surface area (Å²) in [6, 6.07) is -0.0877. The highest BCUT2D eigenvalue weighted by Gasteiger charge is 2.49. The lowest BCUT2D eigenvalue weighted by Crippen LogP contribution is -2.56. The second kappa shape index (κ2) is 5.26. The summed E-state index contributed by atoms with van der Waals surface area (Å²) in [5, 5.41) is 12.6. The van der Waals surface area contributed by atoms with Crippen LogP contribution in [0.1, 0.15) is 52.9 Å². The molecule has 1 aliphatic carbocycles. The number of rotatable bonds is 4. The SMILES string of the molecule is CCC1(NC(=O)N2CCC(C(=O)O)(C(C)C)C2)CCC1. The number of carboxylic acids is 1. The Balaban J connectivity index is 2.01. The van der Waals surface area contributed by atoms with Crippen LogP contribution < -0.4 is 5.32 Å². The van der Waals surface area contributed by atoms with Gasteiger partial charge in [0.05, 0.1) is 5.41 Å². The lowest BCUT2D eigenvalue weighted by Gasteiger charge is -2.43. The molecular weight excluding hydrogens is 256 g/mol. The highest BCUT2D eigenvalue weighted by molar-refractivity contribution is 5.80. The molecule has 1 unspecified atom stereocenters. The minimum Gasteiger partial charge on any atom is -0.481 e. The van der Waals surface area contributed by atoms with Crippen LogP contribution in [0.4, 0.5) is 4.79 Å². The van der Waals surface area contributed by atoms with E-state index in [9.17, 15) is 14.7 Å². The van der Waals surface area contributed by atoms with Gasteiger partial charge in [-0.3, -0.25) is 4.79 Å². The first kappa shape index (κ1) is 15.1. The van der Waals surface area contributed by atoms with Gasteiger partial charge in [-0.15, -0.1) is 0 Å². The van der Waals surface area contributed by atoms with Gasteiger partial charge >= 0.3 is 12.0 Å². The van der Waals surface area contributed by atoms with Gasteiger partial charge in [0.2, 0.25) is 0 Å². The van der Waals surface area contributed by atoms with Gasteiger partial charge in [-0.05, 0) is 38.0 Å². The number of nitrogens with zero attached hydrogens (tertiary/aromatic N) is 1.